The molecule has 0 fully saturated rings. The van der Waals surface area contributed by atoms with E-state index in [0.29, 0.717) is 23.1 Å². The van der Waals surface area contributed by atoms with Gasteiger partial charge in [0.15, 0.2) is 0 Å². The average molecular weight is 455 g/mol. The van der Waals surface area contributed by atoms with Gasteiger partial charge < -0.3 is 9.15 Å². The number of fused-ring (bicyclic) bond motifs is 2. The predicted octanol–water partition coefficient (Wildman–Crippen LogP) is 2.97. The Morgan fingerprint density at radius 2 is 1.94 bits per heavy atom. The van der Waals surface area contributed by atoms with Crippen molar-refractivity contribution in [2.24, 2.45) is 4.99 Å². The lowest BCUT2D eigenvalue weighted by Gasteiger charge is -2.09. The van der Waals surface area contributed by atoms with Crippen molar-refractivity contribution < 1.29 is 22.4 Å². The minimum absolute atomic E-state index is 0.0366. The molecule has 8 nitrogen and oxygen atoms in total. The number of aryl methyl sites for hydroxylation is 2. The Kier molecular flexibility index (Phi) is 5.84. The molecule has 2 heterocycles. The number of amidine groups is 1. The molecular weight excluding hydrogens is 432 g/mol. The quantitative estimate of drug-likeness (QED) is 0.348. The van der Waals surface area contributed by atoms with Crippen LogP contribution in [0.5, 0.6) is 0 Å². The molecule has 1 aliphatic rings. The molecule has 166 valence electrons. The second kappa shape index (κ2) is 8.58. The number of sulfonamides is 1. The Morgan fingerprint density at radius 1 is 1.16 bits per heavy atom. The first-order valence-corrected chi connectivity index (χ1v) is 11.6. The fourth-order valence-corrected chi connectivity index (χ4v) is 4.79. The molecule has 1 aliphatic heterocycles. The number of nitrogens with one attached hydrogen (secondary N) is 1. The van der Waals surface area contributed by atoms with Crippen LogP contribution in [0.3, 0.4) is 0 Å². The van der Waals surface area contributed by atoms with Crippen molar-refractivity contribution in [3.8, 4) is 0 Å². The first kappa shape index (κ1) is 21.8. The van der Waals surface area contributed by atoms with E-state index < -0.39 is 21.6 Å². The molecular formula is C23H22N2O6S. The van der Waals surface area contributed by atoms with Crippen molar-refractivity contribution in [3.63, 3.8) is 0 Å². The van der Waals surface area contributed by atoms with Gasteiger partial charge in [-0.3, -0.25) is 14.5 Å². The minimum atomic E-state index is -3.58. The van der Waals surface area contributed by atoms with Gasteiger partial charge in [-0.05, 0) is 43.5 Å². The van der Waals surface area contributed by atoms with Gasteiger partial charge in [0.25, 0.3) is 10.0 Å². The maximum atomic E-state index is 12.2. The highest BCUT2D eigenvalue weighted by molar-refractivity contribution is 7.90. The van der Waals surface area contributed by atoms with Gasteiger partial charge in [-0.15, -0.1) is 0 Å². The van der Waals surface area contributed by atoms with E-state index in [0.717, 1.165) is 16.5 Å². The van der Waals surface area contributed by atoms with E-state index in [4.69, 9.17) is 9.15 Å². The van der Waals surface area contributed by atoms with Gasteiger partial charge in [0, 0.05) is 35.5 Å². The van der Waals surface area contributed by atoms with Crippen molar-refractivity contribution in [3.05, 3.63) is 75.1 Å². The number of carbonyl (C=O) groups is 1. The molecule has 0 unspecified atom stereocenters. The van der Waals surface area contributed by atoms with Gasteiger partial charge in [-0.25, -0.2) is 13.2 Å². The van der Waals surface area contributed by atoms with Crippen molar-refractivity contribution >= 4 is 32.8 Å². The molecule has 2 aromatic carbocycles. The SMILES string of the molecule is Cc1ccc2c(COC(=O)CCCN=C3NS(=O)(=O)c4ccccc43)cc(=O)oc2c1C. The molecule has 3 aromatic rings. The number of hydrogen-bond acceptors (Lipinski definition) is 7. The molecule has 0 saturated heterocycles. The van der Waals surface area contributed by atoms with Crippen LogP contribution in [-0.4, -0.2) is 26.8 Å². The lowest BCUT2D eigenvalue weighted by molar-refractivity contribution is -0.145. The van der Waals surface area contributed by atoms with Crippen LogP contribution in [-0.2, 0) is 26.2 Å². The molecule has 32 heavy (non-hydrogen) atoms. The zero-order chi connectivity index (χ0) is 22.9. The summed E-state index contributed by atoms with van der Waals surface area (Å²) in [5.41, 5.74) is 2.99. The first-order chi connectivity index (χ1) is 15.3. The number of ether oxygens (including phenoxy) is 1. The predicted molar refractivity (Wildman–Crippen MR) is 119 cm³/mol. The third-order valence-electron chi connectivity index (χ3n) is 5.38. The standard InChI is InChI=1S/C23H22N2O6S/c1-14-9-10-17-16(12-21(27)31-22(17)15(14)2)13-30-20(26)8-5-11-24-23-18-6-3-4-7-19(18)32(28,29)25-23/h3-4,6-7,9-10,12H,5,8,11,13H2,1-2H3,(H,24,25). The van der Waals surface area contributed by atoms with Gasteiger partial charge in [-0.1, -0.05) is 24.3 Å². The van der Waals surface area contributed by atoms with Gasteiger partial charge in [0.2, 0.25) is 0 Å². The topological polar surface area (TPSA) is 115 Å². The molecule has 1 N–H and O–H groups in total. The van der Waals surface area contributed by atoms with E-state index in [1.165, 1.54) is 12.1 Å². The fourth-order valence-electron chi connectivity index (χ4n) is 3.54. The zero-order valence-corrected chi connectivity index (χ0v) is 18.5. The third kappa shape index (κ3) is 4.29. The molecule has 4 rings (SSSR count). The van der Waals surface area contributed by atoms with Crippen LogP contribution < -0.4 is 10.3 Å². The highest BCUT2D eigenvalue weighted by Crippen LogP contribution is 2.24. The van der Waals surface area contributed by atoms with E-state index in [1.54, 1.807) is 18.2 Å². The second-order valence-electron chi connectivity index (χ2n) is 7.57. The summed E-state index contributed by atoms with van der Waals surface area (Å²) < 4.78 is 37.3. The molecule has 0 saturated carbocycles. The van der Waals surface area contributed by atoms with Crippen LogP contribution in [0.15, 0.2) is 61.6 Å². The van der Waals surface area contributed by atoms with Crippen molar-refractivity contribution in [1.29, 1.82) is 0 Å². The summed E-state index contributed by atoms with van der Waals surface area (Å²) in [4.78, 5) is 28.6. The zero-order valence-electron chi connectivity index (χ0n) is 17.7. The number of rotatable bonds is 6. The van der Waals surface area contributed by atoms with Crippen LogP contribution in [0.1, 0.15) is 35.1 Å². The molecule has 0 radical (unpaired) electrons. The van der Waals surface area contributed by atoms with Gasteiger partial charge in [0.1, 0.15) is 18.0 Å². The molecule has 0 bridgehead atoms. The van der Waals surface area contributed by atoms with E-state index in [1.807, 2.05) is 26.0 Å². The third-order valence-corrected chi connectivity index (χ3v) is 6.77. The monoisotopic (exact) mass is 454 g/mol. The molecule has 0 aliphatic carbocycles. The summed E-state index contributed by atoms with van der Waals surface area (Å²) in [5, 5.41) is 0.735. The Balaban J connectivity index is 1.36. The van der Waals surface area contributed by atoms with Crippen molar-refractivity contribution in [2.45, 2.75) is 38.2 Å². The molecule has 0 spiro atoms. The van der Waals surface area contributed by atoms with Gasteiger partial charge >= 0.3 is 11.6 Å². The summed E-state index contributed by atoms with van der Waals surface area (Å²) in [7, 11) is -3.58. The lowest BCUT2D eigenvalue weighted by Crippen LogP contribution is -2.22. The highest BCUT2D eigenvalue weighted by Gasteiger charge is 2.29. The van der Waals surface area contributed by atoms with Crippen LogP contribution in [0, 0.1) is 13.8 Å². The van der Waals surface area contributed by atoms with Gasteiger partial charge in [0.05, 0.1) is 4.90 Å². The first-order valence-electron chi connectivity index (χ1n) is 10.1. The summed E-state index contributed by atoms with van der Waals surface area (Å²) in [5.74, 6) is -0.148. The van der Waals surface area contributed by atoms with E-state index in [2.05, 4.69) is 9.71 Å². The number of aliphatic imine (C=N–C) groups is 1. The number of hydrogen-bond donors (Lipinski definition) is 1. The Hall–Kier alpha value is -3.46. The average Bonchev–Trinajstić information content (AvgIpc) is 3.03. The van der Waals surface area contributed by atoms with Crippen molar-refractivity contribution in [2.75, 3.05) is 6.54 Å². The number of esters is 1. The number of carbonyl (C=O) groups excluding carboxylic acids is 1. The van der Waals surface area contributed by atoms with E-state index in [-0.39, 0.29) is 30.3 Å². The Labute approximate surface area is 185 Å². The van der Waals surface area contributed by atoms with Crippen LogP contribution in [0.25, 0.3) is 11.0 Å². The van der Waals surface area contributed by atoms with E-state index in [9.17, 15) is 18.0 Å². The van der Waals surface area contributed by atoms with E-state index >= 15 is 0 Å². The normalized spacial score (nSPS) is 15.5. The lowest BCUT2D eigenvalue weighted by atomic mass is 10.0. The molecule has 0 amide bonds. The van der Waals surface area contributed by atoms with Crippen LogP contribution >= 0.6 is 0 Å². The molecule has 0 atom stereocenters. The highest BCUT2D eigenvalue weighted by atomic mass is 32.2. The summed E-state index contributed by atoms with van der Waals surface area (Å²) in [6.45, 7) is 4.03. The number of nitrogens with zero attached hydrogens (tertiary/aromatic N) is 1. The molecule has 1 aromatic heterocycles. The Morgan fingerprint density at radius 3 is 2.75 bits per heavy atom. The smallest absolute Gasteiger partial charge is 0.336 e. The summed E-state index contributed by atoms with van der Waals surface area (Å²) >= 11 is 0. The second-order valence-corrected chi connectivity index (χ2v) is 9.22. The largest absolute Gasteiger partial charge is 0.461 e. The van der Waals surface area contributed by atoms with Crippen LogP contribution in [0.2, 0.25) is 0 Å². The summed E-state index contributed by atoms with van der Waals surface area (Å²) in [6.07, 6.45) is 0.505. The minimum Gasteiger partial charge on any atom is -0.461 e. The molecule has 9 heteroatoms. The maximum absolute atomic E-state index is 12.2. The maximum Gasteiger partial charge on any atom is 0.336 e. The van der Waals surface area contributed by atoms with Crippen molar-refractivity contribution in [1.82, 2.24) is 4.72 Å². The Bertz CT molecular complexity index is 1410. The van der Waals surface area contributed by atoms with Crippen LogP contribution in [0.4, 0.5) is 0 Å². The number of benzene rings is 2. The summed E-state index contributed by atoms with van der Waals surface area (Å²) in [6, 6.07) is 11.7. The van der Waals surface area contributed by atoms with Gasteiger partial charge in [-0.2, -0.15) is 0 Å². The fraction of sp³-hybridized carbons (Fsp3) is 0.261.